The third-order valence-electron chi connectivity index (χ3n) is 3.19. The van der Waals surface area contributed by atoms with E-state index in [2.05, 4.69) is 15.5 Å². The molecule has 0 aliphatic carbocycles. The lowest BCUT2D eigenvalue weighted by molar-refractivity contribution is 0.0863. The van der Waals surface area contributed by atoms with Crippen molar-refractivity contribution in [1.29, 1.82) is 0 Å². The molecule has 2 aromatic heterocycles. The summed E-state index contributed by atoms with van der Waals surface area (Å²) < 4.78 is 10.2. The Morgan fingerprint density at radius 1 is 1.52 bits per heavy atom. The van der Waals surface area contributed by atoms with Crippen molar-refractivity contribution < 1.29 is 14.1 Å². The van der Waals surface area contributed by atoms with Crippen molar-refractivity contribution in [3.8, 4) is 5.88 Å². The van der Waals surface area contributed by atoms with Gasteiger partial charge in [0, 0.05) is 11.1 Å². The molecule has 2 heterocycles. The highest BCUT2D eigenvalue weighted by atomic mass is 32.1. The van der Waals surface area contributed by atoms with E-state index in [1.165, 1.54) is 17.4 Å². The van der Waals surface area contributed by atoms with E-state index in [1.807, 2.05) is 33.1 Å². The Hall–Kier alpha value is -1.89. The third kappa shape index (κ3) is 3.41. The SMILES string of the molecule is CCOc1cc(C(=O)NC(C)(CC)c2nc(C)cs2)on1. The zero-order valence-electron chi connectivity index (χ0n) is 12.6. The first-order chi connectivity index (χ1) is 9.98. The number of aromatic nitrogens is 2. The maximum atomic E-state index is 12.3. The van der Waals surface area contributed by atoms with Gasteiger partial charge in [-0.1, -0.05) is 6.92 Å². The van der Waals surface area contributed by atoms with Gasteiger partial charge in [0.2, 0.25) is 5.76 Å². The first kappa shape index (κ1) is 15.5. The smallest absolute Gasteiger partial charge is 0.290 e. The van der Waals surface area contributed by atoms with Crippen LogP contribution in [0.4, 0.5) is 0 Å². The molecule has 0 radical (unpaired) electrons. The highest BCUT2D eigenvalue weighted by molar-refractivity contribution is 7.09. The van der Waals surface area contributed by atoms with Gasteiger partial charge in [0.25, 0.3) is 11.8 Å². The molecule has 1 amide bonds. The minimum Gasteiger partial charge on any atom is -0.476 e. The largest absolute Gasteiger partial charge is 0.476 e. The Kier molecular flexibility index (Phi) is 4.62. The zero-order chi connectivity index (χ0) is 15.5. The summed E-state index contributed by atoms with van der Waals surface area (Å²) in [6.45, 7) is 8.20. The Bertz CT molecular complexity index is 623. The highest BCUT2D eigenvalue weighted by Crippen LogP contribution is 2.28. The van der Waals surface area contributed by atoms with Crippen LogP contribution >= 0.6 is 11.3 Å². The standard InChI is InChI=1S/C14H19N3O3S/c1-5-14(4,13-15-9(3)8-21-13)16-12(18)10-7-11(17-20-10)19-6-2/h7-8H,5-6H2,1-4H3,(H,16,18). The Morgan fingerprint density at radius 3 is 2.86 bits per heavy atom. The second kappa shape index (κ2) is 6.26. The number of ether oxygens (including phenoxy) is 1. The number of nitrogens with zero attached hydrogens (tertiary/aromatic N) is 2. The molecule has 0 aromatic carbocycles. The minimum absolute atomic E-state index is 0.131. The van der Waals surface area contributed by atoms with Crippen molar-refractivity contribution in [2.24, 2.45) is 0 Å². The molecule has 21 heavy (non-hydrogen) atoms. The van der Waals surface area contributed by atoms with Crippen LogP contribution in [0, 0.1) is 6.92 Å². The molecule has 0 saturated heterocycles. The molecule has 114 valence electrons. The molecule has 0 bridgehead atoms. The summed E-state index contributed by atoms with van der Waals surface area (Å²) in [7, 11) is 0. The predicted octanol–water partition coefficient (Wildman–Crippen LogP) is 2.89. The maximum absolute atomic E-state index is 12.3. The first-order valence-electron chi connectivity index (χ1n) is 6.83. The highest BCUT2D eigenvalue weighted by Gasteiger charge is 2.31. The molecule has 1 atom stereocenters. The van der Waals surface area contributed by atoms with Gasteiger partial charge in [-0.3, -0.25) is 4.79 Å². The summed E-state index contributed by atoms with van der Waals surface area (Å²) in [5.74, 6) is 0.114. The van der Waals surface area contributed by atoms with Crippen LogP contribution in [0.5, 0.6) is 5.88 Å². The van der Waals surface area contributed by atoms with E-state index < -0.39 is 5.54 Å². The van der Waals surface area contributed by atoms with Crippen LogP contribution in [0.2, 0.25) is 0 Å². The number of carbonyl (C=O) groups excluding carboxylic acids is 1. The zero-order valence-corrected chi connectivity index (χ0v) is 13.4. The van der Waals surface area contributed by atoms with Crippen LogP contribution < -0.4 is 10.1 Å². The van der Waals surface area contributed by atoms with Gasteiger partial charge >= 0.3 is 0 Å². The van der Waals surface area contributed by atoms with Crippen molar-refractivity contribution in [3.63, 3.8) is 0 Å². The Morgan fingerprint density at radius 2 is 2.29 bits per heavy atom. The second-order valence-corrected chi connectivity index (χ2v) is 5.75. The first-order valence-corrected chi connectivity index (χ1v) is 7.71. The number of thiazole rings is 1. The minimum atomic E-state index is -0.533. The van der Waals surface area contributed by atoms with Crippen molar-refractivity contribution in [2.75, 3.05) is 6.61 Å². The van der Waals surface area contributed by atoms with Crippen molar-refractivity contribution in [1.82, 2.24) is 15.5 Å². The van der Waals surface area contributed by atoms with Crippen LogP contribution in [0.15, 0.2) is 16.0 Å². The molecule has 2 rings (SSSR count). The number of rotatable bonds is 6. The van der Waals surface area contributed by atoms with Gasteiger partial charge in [-0.05, 0) is 32.3 Å². The fourth-order valence-corrected chi connectivity index (χ4v) is 2.78. The number of aryl methyl sites for hydroxylation is 1. The number of amides is 1. The summed E-state index contributed by atoms with van der Waals surface area (Å²) >= 11 is 1.53. The van der Waals surface area contributed by atoms with E-state index in [0.29, 0.717) is 12.5 Å². The fourth-order valence-electron chi connectivity index (χ4n) is 1.79. The van der Waals surface area contributed by atoms with Gasteiger partial charge < -0.3 is 14.6 Å². The van der Waals surface area contributed by atoms with Crippen LogP contribution in [0.25, 0.3) is 0 Å². The molecule has 1 N–H and O–H groups in total. The maximum Gasteiger partial charge on any atom is 0.290 e. The van der Waals surface area contributed by atoms with Crippen molar-refractivity contribution in [2.45, 2.75) is 39.7 Å². The van der Waals surface area contributed by atoms with Crippen LogP contribution in [0.1, 0.15) is 48.4 Å². The molecular formula is C14H19N3O3S. The Labute approximate surface area is 127 Å². The lowest BCUT2D eigenvalue weighted by Gasteiger charge is -2.26. The summed E-state index contributed by atoms with van der Waals surface area (Å²) in [4.78, 5) is 16.8. The lowest BCUT2D eigenvalue weighted by atomic mass is 9.99. The summed E-state index contributed by atoms with van der Waals surface area (Å²) in [6.07, 6.45) is 0.720. The molecular weight excluding hydrogens is 290 g/mol. The molecule has 0 aliphatic rings. The number of hydrogen-bond acceptors (Lipinski definition) is 6. The van der Waals surface area contributed by atoms with Crippen LogP contribution in [0.3, 0.4) is 0 Å². The molecule has 0 fully saturated rings. The molecule has 1 unspecified atom stereocenters. The van der Waals surface area contributed by atoms with E-state index >= 15 is 0 Å². The average molecular weight is 309 g/mol. The molecule has 2 aromatic rings. The lowest BCUT2D eigenvalue weighted by Crippen LogP contribution is -2.42. The molecule has 0 aliphatic heterocycles. The Balaban J connectivity index is 2.15. The van der Waals surface area contributed by atoms with E-state index in [1.54, 1.807) is 0 Å². The van der Waals surface area contributed by atoms with Gasteiger partial charge in [0.15, 0.2) is 0 Å². The van der Waals surface area contributed by atoms with Crippen molar-refractivity contribution >= 4 is 17.2 Å². The summed E-state index contributed by atoms with van der Waals surface area (Å²) in [5.41, 5.74) is 0.413. The van der Waals surface area contributed by atoms with E-state index in [9.17, 15) is 4.79 Å². The average Bonchev–Trinajstić information content (AvgIpc) is 3.08. The quantitative estimate of drug-likeness (QED) is 0.887. The van der Waals surface area contributed by atoms with Gasteiger partial charge in [-0.2, -0.15) is 0 Å². The summed E-state index contributed by atoms with van der Waals surface area (Å²) in [6, 6.07) is 1.49. The molecule has 7 heteroatoms. The topological polar surface area (TPSA) is 77.2 Å². The van der Waals surface area contributed by atoms with E-state index in [-0.39, 0.29) is 11.7 Å². The van der Waals surface area contributed by atoms with Crippen LogP contribution in [-0.4, -0.2) is 22.7 Å². The normalized spacial score (nSPS) is 13.7. The predicted molar refractivity (Wildman–Crippen MR) is 79.6 cm³/mol. The second-order valence-electron chi connectivity index (χ2n) is 4.90. The number of carbonyl (C=O) groups is 1. The van der Waals surface area contributed by atoms with E-state index in [0.717, 1.165) is 17.1 Å². The monoisotopic (exact) mass is 309 g/mol. The fraction of sp³-hybridized carbons (Fsp3) is 0.500. The van der Waals surface area contributed by atoms with Gasteiger partial charge in [-0.15, -0.1) is 11.3 Å². The van der Waals surface area contributed by atoms with Crippen molar-refractivity contribution in [3.05, 3.63) is 27.9 Å². The van der Waals surface area contributed by atoms with Gasteiger partial charge in [0.05, 0.1) is 18.2 Å². The third-order valence-corrected chi connectivity index (χ3v) is 4.42. The summed E-state index contributed by atoms with van der Waals surface area (Å²) in [5, 5.41) is 9.50. The number of hydrogen-bond donors (Lipinski definition) is 1. The molecule has 0 spiro atoms. The van der Waals surface area contributed by atoms with Gasteiger partial charge in [-0.25, -0.2) is 4.98 Å². The van der Waals surface area contributed by atoms with E-state index in [4.69, 9.17) is 9.26 Å². The molecule has 0 saturated carbocycles. The number of nitrogens with one attached hydrogen (secondary N) is 1. The van der Waals surface area contributed by atoms with Gasteiger partial charge in [0.1, 0.15) is 5.01 Å². The molecule has 6 nitrogen and oxygen atoms in total. The van der Waals surface area contributed by atoms with Crippen LogP contribution in [-0.2, 0) is 5.54 Å².